The Morgan fingerprint density at radius 3 is 2.02 bits per heavy atom. The van der Waals surface area contributed by atoms with Gasteiger partial charge in [-0.2, -0.15) is 0 Å². The molecule has 1 aliphatic heterocycles. The number of primary amides is 1. The van der Waals surface area contributed by atoms with Crippen molar-refractivity contribution in [2.75, 3.05) is 26.4 Å². The largest absolute Gasteiger partial charge is 0.363 e. The van der Waals surface area contributed by atoms with Crippen molar-refractivity contribution in [3.8, 4) is 0 Å². The van der Waals surface area contributed by atoms with E-state index in [1.165, 1.54) is 11.4 Å². The molecule has 0 aromatic heterocycles. The first-order chi connectivity index (χ1) is 21.0. The third kappa shape index (κ3) is 8.03. The number of carbonyl (C=O) groups is 5. The molecule has 0 radical (unpaired) electrons. The van der Waals surface area contributed by atoms with E-state index in [-0.39, 0.29) is 29.7 Å². The van der Waals surface area contributed by atoms with Crippen molar-refractivity contribution in [1.82, 2.24) is 25.2 Å². The van der Waals surface area contributed by atoms with Crippen LogP contribution >= 0.6 is 0 Å². The smallest absolute Gasteiger partial charge is 0.315 e. The molecule has 1 unspecified atom stereocenters. The SMILES string of the molecule is CN(C[C@@H](NC(=O)N[C@H](C(=O)N1C[C@H]2[C@H](CCC23CC3)[C@H]1C(=O)NC(CC1CC1)C(=O)C(N)=O)C(C)(C)C)C(C)(C)C)S(C)(=O)=O. The Morgan fingerprint density at radius 2 is 1.54 bits per heavy atom. The second-order valence-corrected chi connectivity index (χ2v) is 18.5. The summed E-state index contributed by atoms with van der Waals surface area (Å²) in [6, 6.07) is -4.09. The van der Waals surface area contributed by atoms with Gasteiger partial charge in [0.15, 0.2) is 0 Å². The zero-order valence-electron chi connectivity index (χ0n) is 28.6. The minimum atomic E-state index is -3.50. The second-order valence-electron chi connectivity index (χ2n) is 16.5. The molecule has 14 heteroatoms. The van der Waals surface area contributed by atoms with Gasteiger partial charge >= 0.3 is 6.03 Å². The van der Waals surface area contributed by atoms with Gasteiger partial charge in [0, 0.05) is 26.2 Å². The number of rotatable bonds is 12. The quantitative estimate of drug-likeness (QED) is 0.226. The number of nitrogens with zero attached hydrogens (tertiary/aromatic N) is 2. The zero-order valence-corrected chi connectivity index (χ0v) is 29.5. The van der Waals surface area contributed by atoms with E-state index in [1.807, 2.05) is 41.5 Å². The normalized spacial score (nSPS) is 25.8. The number of likely N-dealkylation sites (N-methyl/N-ethyl adjacent to an activating group) is 1. The Hall–Kier alpha value is -2.74. The van der Waals surface area contributed by atoms with E-state index < -0.39 is 74.6 Å². The molecule has 13 nitrogen and oxygen atoms in total. The highest BCUT2D eigenvalue weighted by molar-refractivity contribution is 7.88. The number of hydrogen-bond donors (Lipinski definition) is 4. The maximum Gasteiger partial charge on any atom is 0.315 e. The van der Waals surface area contributed by atoms with Gasteiger partial charge in [-0.3, -0.25) is 19.2 Å². The molecule has 0 bridgehead atoms. The van der Waals surface area contributed by atoms with Crippen LogP contribution in [-0.2, 0) is 29.2 Å². The Morgan fingerprint density at radius 1 is 0.935 bits per heavy atom. The number of amides is 5. The fourth-order valence-corrected chi connectivity index (χ4v) is 7.74. The lowest BCUT2D eigenvalue weighted by molar-refractivity contribution is -0.144. The van der Waals surface area contributed by atoms with Crippen LogP contribution in [-0.4, -0.2) is 97.7 Å². The Balaban J connectivity index is 1.57. The standard InChI is InChI=1S/C32H54N6O7S/c1-30(2,3)22(17-37(7)46(8,44)45)35-29(43)36-25(31(4,5)6)28(42)38-16-20-19(11-12-32(20)13-14-32)23(38)27(41)34-21(15-18-9-10-18)24(39)26(33)40/h18-23,25H,9-17H2,1-8H3,(H2,33,40)(H,34,41)(H2,35,36,43)/t19-,20-,21?,22+,23-,25+/m0/s1. The molecule has 260 valence electrons. The average Bonchev–Trinajstić information content (AvgIpc) is 3.82. The molecule has 1 heterocycles. The first-order valence-corrected chi connectivity index (χ1v) is 18.3. The number of sulfonamides is 1. The summed E-state index contributed by atoms with van der Waals surface area (Å²) in [7, 11) is -2.05. The summed E-state index contributed by atoms with van der Waals surface area (Å²) in [6.07, 6.45) is 7.13. The number of ketones is 1. The molecule has 4 fully saturated rings. The van der Waals surface area contributed by atoms with E-state index in [1.54, 1.807) is 4.90 Å². The summed E-state index contributed by atoms with van der Waals surface area (Å²) >= 11 is 0. The van der Waals surface area contributed by atoms with Crippen LogP contribution in [0, 0.1) is 34.0 Å². The highest BCUT2D eigenvalue weighted by Crippen LogP contribution is 2.66. The first kappa shape index (κ1) is 36.1. The number of carbonyl (C=O) groups excluding carboxylic acids is 5. The van der Waals surface area contributed by atoms with Gasteiger partial charge in [0.25, 0.3) is 5.91 Å². The fraction of sp³-hybridized carbons (Fsp3) is 0.844. The number of hydrogen-bond acceptors (Lipinski definition) is 7. The van der Waals surface area contributed by atoms with E-state index in [9.17, 15) is 32.4 Å². The van der Waals surface area contributed by atoms with E-state index in [2.05, 4.69) is 16.0 Å². The molecule has 0 aromatic rings. The Bertz CT molecular complexity index is 1350. The predicted octanol–water partition coefficient (Wildman–Crippen LogP) is 1.36. The molecule has 5 amide bonds. The van der Waals surface area contributed by atoms with Crippen molar-refractivity contribution < 1.29 is 32.4 Å². The second kappa shape index (κ2) is 12.7. The topological polar surface area (TPSA) is 188 Å². The van der Waals surface area contributed by atoms with Gasteiger partial charge in [0.2, 0.25) is 27.6 Å². The third-order valence-electron chi connectivity index (χ3n) is 10.7. The summed E-state index contributed by atoms with van der Waals surface area (Å²) in [5.41, 5.74) is 4.18. The monoisotopic (exact) mass is 666 g/mol. The van der Waals surface area contributed by atoms with Crippen LogP contribution < -0.4 is 21.7 Å². The number of likely N-dealkylation sites (tertiary alicyclic amines) is 1. The van der Waals surface area contributed by atoms with Crippen LogP contribution in [0.1, 0.15) is 86.5 Å². The van der Waals surface area contributed by atoms with Crippen LogP contribution in [0.25, 0.3) is 0 Å². The van der Waals surface area contributed by atoms with Gasteiger partial charge in [-0.25, -0.2) is 17.5 Å². The molecule has 5 N–H and O–H groups in total. The van der Waals surface area contributed by atoms with E-state index in [0.29, 0.717) is 13.0 Å². The summed E-state index contributed by atoms with van der Waals surface area (Å²) < 4.78 is 25.4. The molecule has 0 aromatic carbocycles. The molecule has 6 atom stereocenters. The molecule has 46 heavy (non-hydrogen) atoms. The molecule has 4 aliphatic rings. The third-order valence-corrected chi connectivity index (χ3v) is 12.0. The highest BCUT2D eigenvalue weighted by atomic mass is 32.2. The fourth-order valence-electron chi connectivity index (χ4n) is 7.32. The van der Waals surface area contributed by atoms with Crippen LogP contribution in [0.3, 0.4) is 0 Å². The summed E-state index contributed by atoms with van der Waals surface area (Å²) in [5.74, 6) is -2.51. The van der Waals surface area contributed by atoms with Gasteiger partial charge < -0.3 is 26.6 Å². The van der Waals surface area contributed by atoms with Crippen molar-refractivity contribution in [3.05, 3.63) is 0 Å². The van der Waals surface area contributed by atoms with Crippen molar-refractivity contribution in [1.29, 1.82) is 0 Å². The van der Waals surface area contributed by atoms with Gasteiger partial charge in [0.05, 0.1) is 12.3 Å². The van der Waals surface area contributed by atoms with E-state index in [0.717, 1.165) is 44.8 Å². The van der Waals surface area contributed by atoms with Crippen molar-refractivity contribution in [2.45, 2.75) is 111 Å². The summed E-state index contributed by atoms with van der Waals surface area (Å²) in [5, 5.41) is 8.56. The molecule has 3 aliphatic carbocycles. The molecular weight excluding hydrogens is 612 g/mol. The molecule has 1 saturated heterocycles. The minimum Gasteiger partial charge on any atom is -0.363 e. The van der Waals surface area contributed by atoms with E-state index in [4.69, 9.17) is 5.73 Å². The molecule has 1 spiro atoms. The van der Waals surface area contributed by atoms with Gasteiger partial charge in [-0.05, 0) is 66.1 Å². The van der Waals surface area contributed by atoms with Crippen LogP contribution in [0.2, 0.25) is 0 Å². The van der Waals surface area contributed by atoms with Crippen molar-refractivity contribution in [2.24, 2.45) is 39.7 Å². The van der Waals surface area contributed by atoms with Gasteiger partial charge in [-0.1, -0.05) is 54.4 Å². The minimum absolute atomic E-state index is 0.0374. The van der Waals surface area contributed by atoms with Crippen LogP contribution in [0.15, 0.2) is 0 Å². The molecule has 3 saturated carbocycles. The number of nitrogens with two attached hydrogens (primary N) is 1. The van der Waals surface area contributed by atoms with Gasteiger partial charge in [0.1, 0.15) is 12.1 Å². The zero-order chi connectivity index (χ0) is 34.6. The number of Topliss-reactive ketones (excluding diaryl/α,β-unsaturated/α-hetero) is 1. The Kier molecular flexibility index (Phi) is 9.97. The lowest BCUT2D eigenvalue weighted by Crippen LogP contribution is -2.62. The Labute approximate surface area is 273 Å². The first-order valence-electron chi connectivity index (χ1n) is 16.5. The summed E-state index contributed by atoms with van der Waals surface area (Å²) in [6.45, 7) is 11.6. The predicted molar refractivity (Wildman–Crippen MR) is 172 cm³/mol. The highest BCUT2D eigenvalue weighted by Gasteiger charge is 2.64. The maximum absolute atomic E-state index is 14.5. The lowest BCUT2D eigenvalue weighted by Gasteiger charge is -2.38. The molecule has 4 rings (SSSR count). The average molecular weight is 667 g/mol. The van der Waals surface area contributed by atoms with Crippen molar-refractivity contribution in [3.63, 3.8) is 0 Å². The summed E-state index contributed by atoms with van der Waals surface area (Å²) in [4.78, 5) is 68.1. The number of fused-ring (bicyclic) bond motifs is 2. The van der Waals surface area contributed by atoms with Gasteiger partial charge in [-0.15, -0.1) is 0 Å². The maximum atomic E-state index is 14.5. The van der Waals surface area contributed by atoms with Crippen LogP contribution in [0.5, 0.6) is 0 Å². The number of urea groups is 1. The van der Waals surface area contributed by atoms with E-state index >= 15 is 0 Å². The molecular formula is C32H54N6O7S. The van der Waals surface area contributed by atoms with Crippen LogP contribution in [0.4, 0.5) is 4.79 Å². The number of nitrogens with one attached hydrogen (secondary N) is 3. The lowest BCUT2D eigenvalue weighted by atomic mass is 9.85. The van der Waals surface area contributed by atoms with Crippen molar-refractivity contribution >= 4 is 39.6 Å².